The number of aromatic nitrogens is 4. The average Bonchev–Trinajstić information content (AvgIpc) is 3.02. The number of nitrogens with zero attached hydrogens (tertiary/aromatic N) is 3. The van der Waals surface area contributed by atoms with Gasteiger partial charge in [-0.05, 0) is 43.3 Å². The fourth-order valence-corrected chi connectivity index (χ4v) is 3.83. The maximum Gasteiger partial charge on any atom is 0.264 e. The number of hydrogen-bond acceptors (Lipinski definition) is 5. The zero-order chi connectivity index (χ0) is 19.9. The SMILES string of the molecule is Cc1ccc(S(=O)(=O)Nc2nn(-c3ccc(Cl)cc3)c3nc[nH]c(=O)c23)cc1. The summed E-state index contributed by atoms with van der Waals surface area (Å²) in [6, 6.07) is 13.0. The lowest BCUT2D eigenvalue weighted by Crippen LogP contribution is -2.15. The van der Waals surface area contributed by atoms with Gasteiger partial charge in [-0.15, -0.1) is 5.10 Å². The first-order chi connectivity index (χ1) is 13.3. The third-order valence-electron chi connectivity index (χ3n) is 4.10. The first-order valence-corrected chi connectivity index (χ1v) is 10.0. The maximum absolute atomic E-state index is 12.7. The molecule has 0 aliphatic rings. The molecule has 2 heterocycles. The van der Waals surface area contributed by atoms with Crippen molar-refractivity contribution in [2.75, 3.05) is 4.72 Å². The van der Waals surface area contributed by atoms with Gasteiger partial charge in [-0.3, -0.25) is 9.52 Å². The van der Waals surface area contributed by atoms with E-state index in [0.29, 0.717) is 10.7 Å². The van der Waals surface area contributed by atoms with Crippen molar-refractivity contribution in [2.45, 2.75) is 11.8 Å². The van der Waals surface area contributed by atoms with Crippen LogP contribution in [0.2, 0.25) is 5.02 Å². The normalized spacial score (nSPS) is 11.6. The van der Waals surface area contributed by atoms with Crippen LogP contribution in [0.4, 0.5) is 5.82 Å². The predicted molar refractivity (Wildman–Crippen MR) is 106 cm³/mol. The molecular formula is C18H14ClN5O3S. The highest BCUT2D eigenvalue weighted by Gasteiger charge is 2.22. The molecule has 4 rings (SSSR count). The minimum Gasteiger partial charge on any atom is -0.312 e. The van der Waals surface area contributed by atoms with Crippen LogP contribution in [-0.4, -0.2) is 28.2 Å². The van der Waals surface area contributed by atoms with Crippen molar-refractivity contribution in [3.8, 4) is 5.69 Å². The molecule has 0 saturated heterocycles. The van der Waals surface area contributed by atoms with E-state index in [1.807, 2.05) is 6.92 Å². The standard InChI is InChI=1S/C18H14ClN5O3S/c1-11-2-8-14(9-3-11)28(26,27)23-16-15-17(20-10-21-18(15)25)24(22-16)13-6-4-12(19)5-7-13/h2-10H,1H3,(H,22,23)(H,20,21,25). The van der Waals surface area contributed by atoms with Gasteiger partial charge in [0.15, 0.2) is 11.5 Å². The molecule has 0 bridgehead atoms. The summed E-state index contributed by atoms with van der Waals surface area (Å²) in [6.07, 6.45) is 1.23. The number of aryl methyl sites for hydroxylation is 1. The number of fused-ring (bicyclic) bond motifs is 1. The summed E-state index contributed by atoms with van der Waals surface area (Å²) in [7, 11) is -3.94. The molecule has 0 fully saturated rings. The molecule has 0 atom stereocenters. The predicted octanol–water partition coefficient (Wildman–Crippen LogP) is 2.87. The molecule has 2 aromatic heterocycles. The number of halogens is 1. The summed E-state index contributed by atoms with van der Waals surface area (Å²) < 4.78 is 29.3. The van der Waals surface area contributed by atoms with Crippen molar-refractivity contribution < 1.29 is 8.42 Å². The number of H-pyrrole nitrogens is 1. The molecule has 4 aromatic rings. The van der Waals surface area contributed by atoms with E-state index in [-0.39, 0.29) is 21.7 Å². The Morgan fingerprint density at radius 3 is 2.43 bits per heavy atom. The number of hydrogen-bond donors (Lipinski definition) is 2. The largest absolute Gasteiger partial charge is 0.312 e. The highest BCUT2D eigenvalue weighted by molar-refractivity contribution is 7.92. The topological polar surface area (TPSA) is 110 Å². The van der Waals surface area contributed by atoms with Gasteiger partial charge in [0.2, 0.25) is 0 Å². The quantitative estimate of drug-likeness (QED) is 0.532. The van der Waals surface area contributed by atoms with Crippen LogP contribution >= 0.6 is 11.6 Å². The molecule has 10 heteroatoms. The number of nitrogens with one attached hydrogen (secondary N) is 2. The highest BCUT2D eigenvalue weighted by atomic mass is 35.5. The van der Waals surface area contributed by atoms with Crippen molar-refractivity contribution in [3.05, 3.63) is 75.8 Å². The first kappa shape index (κ1) is 18.2. The lowest BCUT2D eigenvalue weighted by Gasteiger charge is -2.06. The summed E-state index contributed by atoms with van der Waals surface area (Å²) in [4.78, 5) is 19.0. The van der Waals surface area contributed by atoms with Gasteiger partial charge in [0, 0.05) is 5.02 Å². The van der Waals surface area contributed by atoms with Gasteiger partial charge in [-0.1, -0.05) is 29.3 Å². The van der Waals surface area contributed by atoms with Gasteiger partial charge in [0.25, 0.3) is 15.6 Å². The fraction of sp³-hybridized carbons (Fsp3) is 0.0556. The zero-order valence-electron chi connectivity index (χ0n) is 14.5. The van der Waals surface area contributed by atoms with Crippen LogP contribution < -0.4 is 10.3 Å². The van der Waals surface area contributed by atoms with Crippen LogP contribution in [0, 0.1) is 6.92 Å². The van der Waals surface area contributed by atoms with E-state index >= 15 is 0 Å². The molecule has 0 amide bonds. The van der Waals surface area contributed by atoms with E-state index < -0.39 is 15.6 Å². The summed E-state index contributed by atoms with van der Waals surface area (Å²) in [6.45, 7) is 1.86. The Balaban J connectivity index is 1.87. The summed E-state index contributed by atoms with van der Waals surface area (Å²) in [5, 5.41) is 4.85. The third kappa shape index (κ3) is 3.25. The molecule has 0 saturated carbocycles. The van der Waals surface area contributed by atoms with Gasteiger partial charge < -0.3 is 4.98 Å². The fourth-order valence-electron chi connectivity index (χ4n) is 2.70. The van der Waals surface area contributed by atoms with E-state index in [0.717, 1.165) is 5.56 Å². The number of aromatic amines is 1. The average molecular weight is 416 g/mol. The molecule has 0 radical (unpaired) electrons. The Kier molecular flexibility index (Phi) is 4.40. The van der Waals surface area contributed by atoms with Crippen LogP contribution in [0.3, 0.4) is 0 Å². The second-order valence-corrected chi connectivity index (χ2v) is 8.20. The number of benzene rings is 2. The van der Waals surface area contributed by atoms with Crippen LogP contribution in [0.1, 0.15) is 5.56 Å². The van der Waals surface area contributed by atoms with Crippen molar-refractivity contribution in [3.63, 3.8) is 0 Å². The Morgan fingerprint density at radius 1 is 1.07 bits per heavy atom. The zero-order valence-corrected chi connectivity index (χ0v) is 16.1. The molecule has 2 aromatic carbocycles. The molecule has 0 spiro atoms. The molecule has 28 heavy (non-hydrogen) atoms. The van der Waals surface area contributed by atoms with Crippen LogP contribution in [0.5, 0.6) is 0 Å². The summed E-state index contributed by atoms with van der Waals surface area (Å²) in [5.41, 5.74) is 1.21. The van der Waals surface area contributed by atoms with Crippen molar-refractivity contribution >= 4 is 38.5 Å². The Hall–Kier alpha value is -3.17. The molecule has 2 N–H and O–H groups in total. The first-order valence-electron chi connectivity index (χ1n) is 8.17. The van der Waals surface area contributed by atoms with E-state index in [2.05, 4.69) is 19.8 Å². The van der Waals surface area contributed by atoms with Gasteiger partial charge in [-0.2, -0.15) is 0 Å². The number of sulfonamides is 1. The van der Waals surface area contributed by atoms with Gasteiger partial charge in [0.05, 0.1) is 16.9 Å². The number of anilines is 1. The smallest absolute Gasteiger partial charge is 0.264 e. The molecule has 142 valence electrons. The van der Waals surface area contributed by atoms with Crippen LogP contribution in [0.15, 0.2) is 64.5 Å². The van der Waals surface area contributed by atoms with Gasteiger partial charge >= 0.3 is 0 Å². The monoisotopic (exact) mass is 415 g/mol. The summed E-state index contributed by atoms with van der Waals surface area (Å²) >= 11 is 5.92. The third-order valence-corrected chi connectivity index (χ3v) is 5.71. The molecule has 8 nitrogen and oxygen atoms in total. The lowest BCUT2D eigenvalue weighted by atomic mass is 10.2. The lowest BCUT2D eigenvalue weighted by molar-refractivity contribution is 0.601. The second kappa shape index (κ2) is 6.77. The van der Waals surface area contributed by atoms with Crippen molar-refractivity contribution in [2.24, 2.45) is 0 Å². The van der Waals surface area contributed by atoms with Crippen LogP contribution in [0.25, 0.3) is 16.7 Å². The molecule has 0 aliphatic heterocycles. The summed E-state index contributed by atoms with van der Waals surface area (Å²) in [5.74, 6) is -0.111. The Bertz CT molecular complexity index is 1330. The van der Waals surface area contributed by atoms with E-state index in [9.17, 15) is 13.2 Å². The molecule has 0 aliphatic carbocycles. The minimum absolute atomic E-state index is 0.0353. The second-order valence-electron chi connectivity index (χ2n) is 6.09. The van der Waals surface area contributed by atoms with E-state index in [1.165, 1.54) is 23.1 Å². The Labute approximate surface area is 164 Å². The minimum atomic E-state index is -3.94. The van der Waals surface area contributed by atoms with Gasteiger partial charge in [-0.25, -0.2) is 18.1 Å². The van der Waals surface area contributed by atoms with Crippen molar-refractivity contribution in [1.29, 1.82) is 0 Å². The van der Waals surface area contributed by atoms with Gasteiger partial charge in [0.1, 0.15) is 5.39 Å². The number of rotatable bonds is 4. The Morgan fingerprint density at radius 2 is 1.75 bits per heavy atom. The van der Waals surface area contributed by atoms with Crippen LogP contribution in [-0.2, 0) is 10.0 Å². The van der Waals surface area contributed by atoms with E-state index in [1.54, 1.807) is 36.4 Å². The molecule has 0 unspecified atom stereocenters. The maximum atomic E-state index is 12.7. The molecular weight excluding hydrogens is 402 g/mol. The highest BCUT2D eigenvalue weighted by Crippen LogP contribution is 2.24. The van der Waals surface area contributed by atoms with E-state index in [4.69, 9.17) is 11.6 Å². The van der Waals surface area contributed by atoms with Crippen molar-refractivity contribution in [1.82, 2.24) is 19.7 Å².